The lowest BCUT2D eigenvalue weighted by Crippen LogP contribution is -2.34. The van der Waals surface area contributed by atoms with E-state index in [9.17, 15) is 14.4 Å². The van der Waals surface area contributed by atoms with E-state index in [0.29, 0.717) is 23.7 Å². The average Bonchev–Trinajstić information content (AvgIpc) is 2.88. The first-order chi connectivity index (χ1) is 12.8. The van der Waals surface area contributed by atoms with Crippen LogP contribution >= 0.6 is 11.8 Å². The average molecular weight is 393 g/mol. The summed E-state index contributed by atoms with van der Waals surface area (Å²) in [5, 5.41) is -0.495. The van der Waals surface area contributed by atoms with Crippen LogP contribution in [0.25, 0.3) is 6.08 Å². The number of methoxy groups -OCH3 is 1. The highest BCUT2D eigenvalue weighted by molar-refractivity contribution is 8.18. The van der Waals surface area contributed by atoms with Crippen molar-refractivity contribution in [3.05, 3.63) is 28.7 Å². The summed E-state index contributed by atoms with van der Waals surface area (Å²) in [4.78, 5) is 37.5. The number of amides is 2. The maximum atomic E-state index is 12.5. The topological polar surface area (TPSA) is 82.1 Å². The smallest absolute Gasteiger partial charge is 0.326 e. The van der Waals surface area contributed by atoms with Crippen molar-refractivity contribution in [3.63, 3.8) is 0 Å². The van der Waals surface area contributed by atoms with Crippen LogP contribution in [0.3, 0.4) is 0 Å². The van der Waals surface area contributed by atoms with Crippen molar-refractivity contribution in [1.82, 2.24) is 4.90 Å². The summed E-state index contributed by atoms with van der Waals surface area (Å²) in [5.41, 5.74) is 0.684. The van der Waals surface area contributed by atoms with Crippen LogP contribution in [0.15, 0.2) is 23.1 Å². The number of carbonyl (C=O) groups is 3. The van der Waals surface area contributed by atoms with Crippen LogP contribution in [0.4, 0.5) is 4.79 Å². The fourth-order valence-corrected chi connectivity index (χ4v) is 3.11. The molecule has 0 aliphatic carbocycles. The van der Waals surface area contributed by atoms with Crippen LogP contribution in [0.1, 0.15) is 26.3 Å². The minimum absolute atomic E-state index is 0.179. The summed E-state index contributed by atoms with van der Waals surface area (Å²) < 4.78 is 15.8. The molecule has 7 nitrogen and oxygen atoms in total. The lowest BCUT2D eigenvalue weighted by Gasteiger charge is -2.12. The molecule has 1 aromatic rings. The number of imide groups is 1. The number of carbonyl (C=O) groups excluding carboxylic acids is 3. The Morgan fingerprint density at radius 2 is 2.00 bits per heavy atom. The molecule has 1 aliphatic heterocycles. The van der Waals surface area contributed by atoms with Crippen LogP contribution < -0.4 is 9.47 Å². The van der Waals surface area contributed by atoms with Crippen molar-refractivity contribution in [2.75, 3.05) is 26.9 Å². The van der Waals surface area contributed by atoms with Crippen LogP contribution in [0.2, 0.25) is 0 Å². The molecule has 0 bridgehead atoms. The minimum atomic E-state index is -0.602. The Morgan fingerprint density at radius 3 is 2.63 bits per heavy atom. The standard InChI is InChI=1S/C19H23NO6S/c1-5-25-14-7-6-13(8-15(14)24-4)9-16-18(22)20(19(23)27-16)10-17(21)26-11-12(2)3/h6-9,12H,5,10-11H2,1-4H3/b16-9+. The Balaban J connectivity index is 2.12. The highest BCUT2D eigenvalue weighted by Crippen LogP contribution is 2.34. The minimum Gasteiger partial charge on any atom is -0.493 e. The van der Waals surface area contributed by atoms with Crippen LogP contribution in [-0.4, -0.2) is 48.9 Å². The van der Waals surface area contributed by atoms with Gasteiger partial charge in [-0.05, 0) is 48.4 Å². The Kier molecular flexibility index (Phi) is 7.29. The highest BCUT2D eigenvalue weighted by atomic mass is 32.2. The second-order valence-electron chi connectivity index (χ2n) is 6.19. The van der Waals surface area contributed by atoms with Crippen molar-refractivity contribution < 1.29 is 28.6 Å². The van der Waals surface area contributed by atoms with Crippen molar-refractivity contribution >= 4 is 35.0 Å². The molecule has 0 radical (unpaired) electrons. The van der Waals surface area contributed by atoms with E-state index >= 15 is 0 Å². The molecular weight excluding hydrogens is 370 g/mol. The molecule has 27 heavy (non-hydrogen) atoms. The summed E-state index contributed by atoms with van der Waals surface area (Å²) >= 11 is 0.790. The molecule has 1 fully saturated rings. The van der Waals surface area contributed by atoms with Crippen LogP contribution in [0, 0.1) is 5.92 Å². The van der Waals surface area contributed by atoms with E-state index in [2.05, 4.69) is 0 Å². The van der Waals surface area contributed by atoms with Gasteiger partial charge in [-0.25, -0.2) is 0 Å². The highest BCUT2D eigenvalue weighted by Gasteiger charge is 2.36. The van der Waals surface area contributed by atoms with Gasteiger partial charge in [0.15, 0.2) is 11.5 Å². The molecule has 1 heterocycles. The summed E-state index contributed by atoms with van der Waals surface area (Å²) in [6, 6.07) is 5.22. The van der Waals surface area contributed by atoms with Gasteiger partial charge in [0.25, 0.3) is 11.1 Å². The van der Waals surface area contributed by atoms with Gasteiger partial charge in [0.05, 0.1) is 25.2 Å². The third-order valence-electron chi connectivity index (χ3n) is 3.52. The van der Waals surface area contributed by atoms with Gasteiger partial charge in [-0.1, -0.05) is 19.9 Å². The van der Waals surface area contributed by atoms with Gasteiger partial charge < -0.3 is 14.2 Å². The van der Waals surface area contributed by atoms with Crippen molar-refractivity contribution in [2.24, 2.45) is 5.92 Å². The summed E-state index contributed by atoms with van der Waals surface area (Å²) in [7, 11) is 1.53. The fourth-order valence-electron chi connectivity index (χ4n) is 2.27. The van der Waals surface area contributed by atoms with Crippen molar-refractivity contribution in [1.29, 1.82) is 0 Å². The quantitative estimate of drug-likeness (QED) is 0.495. The van der Waals surface area contributed by atoms with E-state index in [-0.39, 0.29) is 24.0 Å². The Morgan fingerprint density at radius 1 is 1.26 bits per heavy atom. The van der Waals surface area contributed by atoms with Gasteiger partial charge in [0.2, 0.25) is 0 Å². The number of nitrogens with zero attached hydrogens (tertiary/aromatic N) is 1. The van der Waals surface area contributed by atoms with Crippen molar-refractivity contribution in [2.45, 2.75) is 20.8 Å². The van der Waals surface area contributed by atoms with E-state index in [1.165, 1.54) is 7.11 Å². The van der Waals surface area contributed by atoms with E-state index < -0.39 is 17.1 Å². The van der Waals surface area contributed by atoms with Crippen molar-refractivity contribution in [3.8, 4) is 11.5 Å². The fraction of sp³-hybridized carbons (Fsp3) is 0.421. The zero-order valence-corrected chi connectivity index (χ0v) is 16.6. The van der Waals surface area contributed by atoms with Gasteiger partial charge in [-0.3, -0.25) is 19.3 Å². The molecule has 8 heteroatoms. The number of hydrogen-bond donors (Lipinski definition) is 0. The second-order valence-corrected chi connectivity index (χ2v) is 7.18. The number of rotatable bonds is 8. The van der Waals surface area contributed by atoms with Gasteiger partial charge >= 0.3 is 5.97 Å². The second kappa shape index (κ2) is 9.45. The first kappa shape index (κ1) is 20.8. The van der Waals surface area contributed by atoms with E-state index in [0.717, 1.165) is 16.7 Å². The molecule has 0 aromatic heterocycles. The molecule has 0 spiro atoms. The molecule has 0 atom stereocenters. The Hall–Kier alpha value is -2.48. The molecule has 1 aliphatic rings. The Labute approximate surface area is 162 Å². The first-order valence-electron chi connectivity index (χ1n) is 8.57. The predicted molar refractivity (Wildman–Crippen MR) is 103 cm³/mol. The molecule has 1 aromatic carbocycles. The van der Waals surface area contributed by atoms with Gasteiger partial charge in [-0.2, -0.15) is 0 Å². The van der Waals surface area contributed by atoms with E-state index in [1.54, 1.807) is 24.3 Å². The third kappa shape index (κ3) is 5.50. The van der Waals surface area contributed by atoms with Gasteiger partial charge in [-0.15, -0.1) is 0 Å². The molecule has 0 unspecified atom stereocenters. The SMILES string of the molecule is CCOc1ccc(/C=C2/SC(=O)N(CC(=O)OCC(C)C)C2=O)cc1OC. The van der Waals surface area contributed by atoms with Crippen LogP contribution in [0.5, 0.6) is 11.5 Å². The third-order valence-corrected chi connectivity index (χ3v) is 4.43. The molecule has 2 rings (SSSR count). The molecular formula is C19H23NO6S. The van der Waals surface area contributed by atoms with Gasteiger partial charge in [0.1, 0.15) is 6.54 Å². The molecule has 1 saturated heterocycles. The van der Waals surface area contributed by atoms with Crippen LogP contribution in [-0.2, 0) is 14.3 Å². The van der Waals surface area contributed by atoms with Gasteiger partial charge in [0, 0.05) is 0 Å². The number of esters is 1. The number of ether oxygens (including phenoxy) is 3. The molecule has 0 N–H and O–H groups in total. The lowest BCUT2D eigenvalue weighted by molar-refractivity contribution is -0.147. The number of hydrogen-bond acceptors (Lipinski definition) is 7. The molecule has 0 saturated carbocycles. The normalized spacial score (nSPS) is 15.6. The zero-order valence-electron chi connectivity index (χ0n) is 15.8. The summed E-state index contributed by atoms with van der Waals surface area (Å²) in [6.07, 6.45) is 1.59. The number of benzene rings is 1. The predicted octanol–water partition coefficient (Wildman–Crippen LogP) is 3.33. The first-order valence-corrected chi connectivity index (χ1v) is 9.39. The van der Waals surface area contributed by atoms with E-state index in [1.807, 2.05) is 20.8 Å². The Bertz CT molecular complexity index is 759. The summed E-state index contributed by atoms with van der Waals surface area (Å²) in [6.45, 7) is 6.04. The monoisotopic (exact) mass is 393 g/mol. The lowest BCUT2D eigenvalue weighted by atomic mass is 10.2. The molecule has 146 valence electrons. The van der Waals surface area contributed by atoms with E-state index in [4.69, 9.17) is 14.2 Å². The zero-order chi connectivity index (χ0) is 20.0. The number of thioether (sulfide) groups is 1. The summed E-state index contributed by atoms with van der Waals surface area (Å²) in [5.74, 6) is 0.188. The maximum absolute atomic E-state index is 12.5. The maximum Gasteiger partial charge on any atom is 0.326 e. The molecule has 2 amide bonds. The largest absolute Gasteiger partial charge is 0.493 e.